The van der Waals surface area contributed by atoms with Crippen LogP contribution in [0.4, 0.5) is 0 Å². The van der Waals surface area contributed by atoms with Gasteiger partial charge in [-0.15, -0.1) is 0 Å². The van der Waals surface area contributed by atoms with E-state index in [2.05, 4.69) is 55.1 Å². The molecule has 85 valence electrons. The molecule has 0 aliphatic heterocycles. The van der Waals surface area contributed by atoms with Crippen LogP contribution in [0.25, 0.3) is 0 Å². The maximum Gasteiger partial charge on any atom is -0.153 e. The smallest absolute Gasteiger partial charge is 0.153 e. The Morgan fingerprint density at radius 2 is 1.20 bits per heavy atom. The predicted octanol–water partition coefficient (Wildman–Crippen LogP) is 1.14. The predicted molar refractivity (Wildman–Crippen MR) is 56.7 cm³/mol. The third-order valence-corrected chi connectivity index (χ3v) is 4.62. The zero-order valence-electron chi connectivity index (χ0n) is 10.8. The Morgan fingerprint density at radius 1 is 0.867 bits per heavy atom. The van der Waals surface area contributed by atoms with E-state index in [1.165, 1.54) is 20.6 Å². The molecule has 0 aromatic rings. The third kappa shape index (κ3) is 3.56. The van der Waals surface area contributed by atoms with Crippen LogP contribution in [0.3, 0.4) is 0 Å². The molecule has 0 atom stereocenters. The Hall–Kier alpha value is 0.114. The molecule has 0 N–H and O–H groups in total. The van der Waals surface area contributed by atoms with Crippen molar-refractivity contribution in [3.63, 3.8) is 0 Å². The summed E-state index contributed by atoms with van der Waals surface area (Å²) in [7, 11) is 1.50. The van der Waals surface area contributed by atoms with Crippen LogP contribution >= 0.6 is 0 Å². The average molecular weight is 245 g/mol. The molecule has 1 aliphatic carbocycles. The normalized spacial score (nSPS) is 18.1. The van der Waals surface area contributed by atoms with Gasteiger partial charge in [0.05, 0.1) is 0 Å². The van der Waals surface area contributed by atoms with Crippen LogP contribution in [0.5, 0.6) is 0 Å². The minimum absolute atomic E-state index is 0.314. The molecule has 1 rings (SSSR count). The Balaban J connectivity index is 0. The molecule has 1 aliphatic rings. The maximum atomic E-state index is 8.25. The van der Waals surface area contributed by atoms with E-state index < -0.39 is 0 Å². The van der Waals surface area contributed by atoms with Gasteiger partial charge in [-0.2, -0.15) is 14.2 Å². The SMILES string of the molecule is CC1=C(C)C(C)(C)[C]([Ti+2])=C1C.C[O-].C[O-]. The van der Waals surface area contributed by atoms with Gasteiger partial charge in [-0.3, -0.25) is 0 Å². The summed E-state index contributed by atoms with van der Waals surface area (Å²) in [6.45, 7) is 11.3. The van der Waals surface area contributed by atoms with E-state index in [9.17, 15) is 0 Å². The summed E-state index contributed by atoms with van der Waals surface area (Å²) >= 11 is 2.25. The van der Waals surface area contributed by atoms with Gasteiger partial charge in [0, 0.05) is 0 Å². The van der Waals surface area contributed by atoms with Crippen molar-refractivity contribution in [2.24, 2.45) is 5.41 Å². The van der Waals surface area contributed by atoms with Gasteiger partial charge in [0.25, 0.3) is 0 Å². The molecule has 0 saturated carbocycles. The Kier molecular flexibility index (Phi) is 8.63. The van der Waals surface area contributed by atoms with Crippen LogP contribution < -0.4 is 10.2 Å². The van der Waals surface area contributed by atoms with Crippen molar-refractivity contribution in [3.05, 3.63) is 20.6 Å². The zero-order valence-corrected chi connectivity index (χ0v) is 12.4. The topological polar surface area (TPSA) is 46.1 Å². The number of rotatable bonds is 0. The van der Waals surface area contributed by atoms with Crippen molar-refractivity contribution in [1.82, 2.24) is 0 Å². The molecule has 0 aromatic heterocycles. The van der Waals surface area contributed by atoms with Crippen LogP contribution in [-0.2, 0) is 20.4 Å². The summed E-state index contributed by atoms with van der Waals surface area (Å²) in [5.74, 6) is 0. The van der Waals surface area contributed by atoms with Gasteiger partial charge in [0.1, 0.15) is 0 Å². The first-order valence-corrected chi connectivity index (χ1v) is 5.60. The van der Waals surface area contributed by atoms with Crippen molar-refractivity contribution < 1.29 is 30.6 Å². The number of hydrogen-bond acceptors (Lipinski definition) is 2. The Labute approximate surface area is 105 Å². The third-order valence-electron chi connectivity index (χ3n) is 3.06. The minimum Gasteiger partial charge on any atom is -0.857 e. The average Bonchev–Trinajstić information content (AvgIpc) is 2.40. The molecule has 0 radical (unpaired) electrons. The van der Waals surface area contributed by atoms with Crippen molar-refractivity contribution in [1.29, 1.82) is 0 Å². The molecule has 0 saturated heterocycles. The van der Waals surface area contributed by atoms with E-state index in [0.29, 0.717) is 5.41 Å². The fraction of sp³-hybridized carbons (Fsp3) is 0.667. The summed E-state index contributed by atoms with van der Waals surface area (Å²) in [4.78, 5) is 0. The van der Waals surface area contributed by atoms with Gasteiger partial charge in [0.15, 0.2) is 0 Å². The molecule has 0 heterocycles. The maximum absolute atomic E-state index is 8.25. The molecule has 0 bridgehead atoms. The van der Waals surface area contributed by atoms with Crippen LogP contribution in [0.15, 0.2) is 20.6 Å². The summed E-state index contributed by atoms with van der Waals surface area (Å²) in [6.07, 6.45) is 0. The molecule has 2 nitrogen and oxygen atoms in total. The summed E-state index contributed by atoms with van der Waals surface area (Å²) in [5, 5.41) is 16.5. The first kappa shape index (κ1) is 17.5. The molecule has 3 heteroatoms. The van der Waals surface area contributed by atoms with E-state index in [4.69, 9.17) is 10.2 Å². The molecule has 0 amide bonds. The van der Waals surface area contributed by atoms with Crippen LogP contribution in [-0.4, -0.2) is 14.2 Å². The van der Waals surface area contributed by atoms with Gasteiger partial charge in [0.2, 0.25) is 0 Å². The van der Waals surface area contributed by atoms with Crippen molar-refractivity contribution in [2.45, 2.75) is 34.6 Å². The molecular formula is C12H21O2Ti. The fourth-order valence-electron chi connectivity index (χ4n) is 1.59. The van der Waals surface area contributed by atoms with E-state index in [1.807, 2.05) is 0 Å². The first-order chi connectivity index (χ1) is 6.89. The van der Waals surface area contributed by atoms with Crippen LogP contribution in [0.1, 0.15) is 34.6 Å². The minimum atomic E-state index is 0.314. The number of allylic oxidation sites excluding steroid dienone is 4. The monoisotopic (exact) mass is 245 g/mol. The zero-order chi connectivity index (χ0) is 12.8. The Morgan fingerprint density at radius 3 is 1.27 bits per heavy atom. The summed E-state index contributed by atoms with van der Waals surface area (Å²) in [6, 6.07) is 0. The van der Waals surface area contributed by atoms with Gasteiger partial charge < -0.3 is 10.2 Å². The molecule has 0 unspecified atom stereocenters. The van der Waals surface area contributed by atoms with Gasteiger partial charge in [-0.05, 0) is 0 Å². The molecular weight excluding hydrogens is 224 g/mol. The number of hydrogen-bond donors (Lipinski definition) is 0. The largest absolute Gasteiger partial charge is 0.857 e. The summed E-state index contributed by atoms with van der Waals surface area (Å²) in [5.41, 5.74) is 4.83. The van der Waals surface area contributed by atoms with Crippen molar-refractivity contribution in [2.75, 3.05) is 14.2 Å². The molecule has 15 heavy (non-hydrogen) atoms. The standard InChI is InChI=1S/C10H15.2CH3O.Ti/c1-7-6-10(4,5)9(3)8(7)2;2*1-2;/h1-5H3;2*1H3;/q;2*-1;+2. The van der Waals surface area contributed by atoms with Crippen LogP contribution in [0.2, 0.25) is 0 Å². The van der Waals surface area contributed by atoms with E-state index in [-0.39, 0.29) is 0 Å². The van der Waals surface area contributed by atoms with E-state index in [0.717, 1.165) is 14.2 Å². The first-order valence-electron chi connectivity index (χ1n) is 4.82. The van der Waals surface area contributed by atoms with Gasteiger partial charge in [-0.1, -0.05) is 0 Å². The molecule has 0 spiro atoms. The second-order valence-corrected chi connectivity index (χ2v) is 4.66. The van der Waals surface area contributed by atoms with Gasteiger partial charge >= 0.3 is 81.1 Å². The fourth-order valence-corrected chi connectivity index (χ4v) is 2.18. The summed E-state index contributed by atoms with van der Waals surface area (Å²) < 4.78 is 1.53. The quantitative estimate of drug-likeness (QED) is 0.601. The van der Waals surface area contributed by atoms with Crippen molar-refractivity contribution in [3.8, 4) is 0 Å². The van der Waals surface area contributed by atoms with E-state index >= 15 is 0 Å². The van der Waals surface area contributed by atoms with Crippen molar-refractivity contribution >= 4 is 0 Å². The van der Waals surface area contributed by atoms with Gasteiger partial charge in [-0.25, -0.2) is 0 Å². The van der Waals surface area contributed by atoms with E-state index in [1.54, 1.807) is 0 Å². The second-order valence-electron chi connectivity index (χ2n) is 3.88. The second kappa shape index (κ2) is 7.40. The Bertz CT molecular complexity index is 237. The molecule has 0 aromatic carbocycles. The molecule has 0 fully saturated rings. The van der Waals surface area contributed by atoms with Crippen LogP contribution in [0, 0.1) is 5.41 Å².